The van der Waals surface area contributed by atoms with Gasteiger partial charge in [-0.15, -0.1) is 0 Å². The van der Waals surface area contributed by atoms with Crippen molar-refractivity contribution in [3.63, 3.8) is 0 Å². The predicted octanol–water partition coefficient (Wildman–Crippen LogP) is 2.87. The lowest BCUT2D eigenvalue weighted by atomic mass is 9.99. The van der Waals surface area contributed by atoms with Crippen LogP contribution in [-0.2, 0) is 6.54 Å². The fourth-order valence-corrected chi connectivity index (χ4v) is 2.44. The van der Waals surface area contributed by atoms with Gasteiger partial charge in [0.05, 0.1) is 0 Å². The number of carbonyl (C=O) groups is 1. The van der Waals surface area contributed by atoms with Gasteiger partial charge >= 0.3 is 0 Å². The summed E-state index contributed by atoms with van der Waals surface area (Å²) in [5, 5.41) is 0. The number of halogens is 1. The number of rotatable bonds is 3. The summed E-state index contributed by atoms with van der Waals surface area (Å²) in [6.07, 6.45) is 3.13. The van der Waals surface area contributed by atoms with E-state index >= 15 is 0 Å². The molecule has 1 saturated heterocycles. The first-order valence-electron chi connectivity index (χ1n) is 6.15. The number of hydrogen-bond donors (Lipinski definition) is 0. The molecule has 3 heteroatoms. The highest BCUT2D eigenvalue weighted by molar-refractivity contribution is 5.74. The Morgan fingerprint density at radius 3 is 3.00 bits per heavy atom. The molecule has 0 spiro atoms. The van der Waals surface area contributed by atoms with Gasteiger partial charge in [0.25, 0.3) is 0 Å². The van der Waals surface area contributed by atoms with Crippen molar-refractivity contribution in [2.45, 2.75) is 26.3 Å². The Bertz CT molecular complexity index is 405. The van der Waals surface area contributed by atoms with E-state index in [1.807, 2.05) is 0 Å². The molecule has 1 fully saturated rings. The minimum Gasteiger partial charge on any atom is -0.299 e. The number of piperidine rings is 1. The molecule has 2 nitrogen and oxygen atoms in total. The third-order valence-corrected chi connectivity index (χ3v) is 3.35. The second-order valence-corrected chi connectivity index (χ2v) is 4.95. The SMILES string of the molecule is C[C@H]1CCCN(Cc2ccc(C=O)cc2F)C1. The molecular formula is C14H18FNO. The lowest BCUT2D eigenvalue weighted by molar-refractivity contribution is 0.112. The number of benzene rings is 1. The van der Waals surface area contributed by atoms with Crippen LogP contribution < -0.4 is 0 Å². The topological polar surface area (TPSA) is 20.3 Å². The Balaban J connectivity index is 2.05. The minimum absolute atomic E-state index is 0.271. The highest BCUT2D eigenvalue weighted by Crippen LogP contribution is 2.19. The van der Waals surface area contributed by atoms with Gasteiger partial charge in [0.15, 0.2) is 0 Å². The normalized spacial score (nSPS) is 21.4. The predicted molar refractivity (Wildman–Crippen MR) is 65.5 cm³/mol. The third-order valence-electron chi connectivity index (χ3n) is 3.35. The van der Waals surface area contributed by atoms with Crippen LogP contribution in [0.15, 0.2) is 18.2 Å². The van der Waals surface area contributed by atoms with Crippen molar-refractivity contribution >= 4 is 6.29 Å². The van der Waals surface area contributed by atoms with Crippen molar-refractivity contribution < 1.29 is 9.18 Å². The van der Waals surface area contributed by atoms with Crippen molar-refractivity contribution in [3.8, 4) is 0 Å². The van der Waals surface area contributed by atoms with Gasteiger partial charge in [-0.1, -0.05) is 19.1 Å². The number of aldehydes is 1. The summed E-state index contributed by atoms with van der Waals surface area (Å²) in [5.41, 5.74) is 1.09. The maximum Gasteiger partial charge on any atom is 0.150 e. The maximum atomic E-state index is 13.7. The molecule has 1 aromatic rings. The van der Waals surface area contributed by atoms with Gasteiger partial charge in [-0.05, 0) is 31.4 Å². The van der Waals surface area contributed by atoms with Crippen molar-refractivity contribution in [3.05, 3.63) is 35.1 Å². The first kappa shape index (κ1) is 12.2. The van der Waals surface area contributed by atoms with Gasteiger partial charge < -0.3 is 0 Å². The zero-order valence-corrected chi connectivity index (χ0v) is 10.2. The van der Waals surface area contributed by atoms with Crippen LogP contribution in [0.1, 0.15) is 35.7 Å². The summed E-state index contributed by atoms with van der Waals surface area (Å²) in [4.78, 5) is 12.8. The van der Waals surface area contributed by atoms with Crippen molar-refractivity contribution in [1.82, 2.24) is 4.90 Å². The summed E-state index contributed by atoms with van der Waals surface area (Å²) < 4.78 is 13.7. The summed E-state index contributed by atoms with van der Waals surface area (Å²) in [5.74, 6) is 0.425. The Morgan fingerprint density at radius 1 is 1.53 bits per heavy atom. The Hall–Kier alpha value is -1.22. The fraction of sp³-hybridized carbons (Fsp3) is 0.500. The van der Waals surface area contributed by atoms with Crippen LogP contribution in [0.4, 0.5) is 4.39 Å². The van der Waals surface area contributed by atoms with Gasteiger partial charge in [0.1, 0.15) is 12.1 Å². The Labute approximate surface area is 101 Å². The maximum absolute atomic E-state index is 13.7. The number of likely N-dealkylation sites (tertiary alicyclic amines) is 1. The Morgan fingerprint density at radius 2 is 2.35 bits per heavy atom. The number of carbonyl (C=O) groups excluding carboxylic acids is 1. The lowest BCUT2D eigenvalue weighted by Crippen LogP contribution is -2.33. The van der Waals surface area contributed by atoms with E-state index in [-0.39, 0.29) is 5.82 Å². The lowest BCUT2D eigenvalue weighted by Gasteiger charge is -2.30. The van der Waals surface area contributed by atoms with Gasteiger partial charge in [-0.2, -0.15) is 0 Å². The highest BCUT2D eigenvalue weighted by atomic mass is 19.1. The van der Waals surface area contributed by atoms with Gasteiger partial charge in [0.2, 0.25) is 0 Å². The minimum atomic E-state index is -0.271. The first-order valence-corrected chi connectivity index (χ1v) is 6.15. The van der Waals surface area contributed by atoms with Crippen molar-refractivity contribution in [2.75, 3.05) is 13.1 Å². The molecule has 0 saturated carbocycles. The van der Waals surface area contributed by atoms with Crippen LogP contribution in [0.2, 0.25) is 0 Å². The molecule has 0 aromatic heterocycles. The van der Waals surface area contributed by atoms with E-state index in [9.17, 15) is 9.18 Å². The summed E-state index contributed by atoms with van der Waals surface area (Å²) in [7, 11) is 0. The molecule has 0 bridgehead atoms. The van der Waals surface area contributed by atoms with E-state index in [1.165, 1.54) is 18.9 Å². The standard InChI is InChI=1S/C14H18FNO/c1-11-3-2-6-16(8-11)9-13-5-4-12(10-17)7-14(13)15/h4-5,7,10-11H,2-3,6,8-9H2,1H3/t11-/m0/s1. The van der Waals surface area contributed by atoms with Crippen molar-refractivity contribution in [2.24, 2.45) is 5.92 Å². The molecule has 1 aliphatic rings. The van der Waals surface area contributed by atoms with Gasteiger partial charge in [0, 0.05) is 24.2 Å². The second-order valence-electron chi connectivity index (χ2n) is 4.95. The van der Waals surface area contributed by atoms with Crippen LogP contribution in [0.5, 0.6) is 0 Å². The third kappa shape index (κ3) is 3.13. The largest absolute Gasteiger partial charge is 0.299 e. The summed E-state index contributed by atoms with van der Waals surface area (Å²) >= 11 is 0. The molecule has 92 valence electrons. The Kier molecular flexibility index (Phi) is 3.89. The van der Waals surface area contributed by atoms with E-state index < -0.39 is 0 Å². The number of hydrogen-bond acceptors (Lipinski definition) is 2. The van der Waals surface area contributed by atoms with Gasteiger partial charge in [-0.25, -0.2) is 4.39 Å². The summed E-state index contributed by atoms with van der Waals surface area (Å²) in [6, 6.07) is 4.72. The zero-order valence-electron chi connectivity index (χ0n) is 10.2. The second kappa shape index (κ2) is 5.41. The quantitative estimate of drug-likeness (QED) is 0.751. The van der Waals surface area contributed by atoms with Crippen LogP contribution in [0.25, 0.3) is 0 Å². The molecule has 0 radical (unpaired) electrons. The zero-order chi connectivity index (χ0) is 12.3. The molecule has 0 unspecified atom stereocenters. The monoisotopic (exact) mass is 235 g/mol. The molecule has 0 amide bonds. The molecule has 1 heterocycles. The molecule has 1 aliphatic heterocycles. The van der Waals surface area contributed by atoms with Gasteiger partial charge in [-0.3, -0.25) is 9.69 Å². The molecule has 17 heavy (non-hydrogen) atoms. The van der Waals surface area contributed by atoms with Crippen LogP contribution in [0.3, 0.4) is 0 Å². The fourth-order valence-electron chi connectivity index (χ4n) is 2.44. The first-order chi connectivity index (χ1) is 8.19. The highest BCUT2D eigenvalue weighted by Gasteiger charge is 2.17. The van der Waals surface area contributed by atoms with E-state index in [0.29, 0.717) is 29.9 Å². The molecule has 1 atom stereocenters. The molecule has 0 aliphatic carbocycles. The van der Waals surface area contributed by atoms with Crippen LogP contribution in [0, 0.1) is 11.7 Å². The summed E-state index contributed by atoms with van der Waals surface area (Å²) in [6.45, 7) is 4.96. The molecule has 1 aromatic carbocycles. The average molecular weight is 235 g/mol. The van der Waals surface area contributed by atoms with E-state index in [2.05, 4.69) is 11.8 Å². The molecular weight excluding hydrogens is 217 g/mol. The average Bonchev–Trinajstić information content (AvgIpc) is 2.32. The molecule has 0 N–H and O–H groups in total. The van der Waals surface area contributed by atoms with E-state index in [4.69, 9.17) is 0 Å². The molecule has 2 rings (SSSR count). The van der Waals surface area contributed by atoms with E-state index in [1.54, 1.807) is 12.1 Å². The smallest absolute Gasteiger partial charge is 0.150 e. The van der Waals surface area contributed by atoms with Crippen LogP contribution in [-0.4, -0.2) is 24.3 Å². The van der Waals surface area contributed by atoms with Crippen molar-refractivity contribution in [1.29, 1.82) is 0 Å². The number of nitrogens with zero attached hydrogens (tertiary/aromatic N) is 1. The van der Waals surface area contributed by atoms with Crippen LogP contribution >= 0.6 is 0 Å². The van der Waals surface area contributed by atoms with E-state index in [0.717, 1.165) is 13.1 Å².